The number of carbonyl (C=O) groups excluding carboxylic acids is 2. The third-order valence-corrected chi connectivity index (χ3v) is 9.75. The number of nitrogens with zero attached hydrogens (tertiary/aromatic N) is 1. The monoisotopic (exact) mass is 717 g/mol. The predicted octanol–water partition coefficient (Wildman–Crippen LogP) is 7.58. The van der Waals surface area contributed by atoms with Gasteiger partial charge in [0.25, 0.3) is 0 Å². The van der Waals surface area contributed by atoms with E-state index in [-0.39, 0.29) is 23.6 Å². The van der Waals surface area contributed by atoms with Crippen molar-refractivity contribution in [2.24, 2.45) is 0 Å². The molecule has 1 saturated heterocycles. The van der Waals surface area contributed by atoms with Crippen LogP contribution in [0.4, 0.5) is 5.69 Å². The number of benzene rings is 4. The highest BCUT2D eigenvalue weighted by atomic mass is 16.5. The van der Waals surface area contributed by atoms with Gasteiger partial charge in [0.15, 0.2) is 0 Å². The maximum Gasteiger partial charge on any atom is 0.243 e. The van der Waals surface area contributed by atoms with E-state index in [1.165, 1.54) is 22.3 Å². The quantitative estimate of drug-likeness (QED) is 0.0518. The molecule has 1 fully saturated rings. The molecule has 6 rings (SSSR count). The molecular weight excluding hydrogens is 666 g/mol. The van der Waals surface area contributed by atoms with Crippen LogP contribution in [0.2, 0.25) is 0 Å². The summed E-state index contributed by atoms with van der Waals surface area (Å²) in [6, 6.07) is 32.3. The van der Waals surface area contributed by atoms with Crippen LogP contribution in [0.25, 0.3) is 11.1 Å². The first-order valence-corrected chi connectivity index (χ1v) is 18.9. The average molecular weight is 718 g/mol. The minimum atomic E-state index is -0.236. The van der Waals surface area contributed by atoms with Crippen LogP contribution in [0.1, 0.15) is 73.3 Å². The molecule has 0 spiro atoms. The SMILES string of the molecule is CC/C(=C(\c1ccc(O)cc1)c1ccc(OCCCOCCCOCCCNc2ccc3c(c2)CN(C2CCC(=O)NC2=O)C3)cc1)c1ccccc1. The first-order valence-electron chi connectivity index (χ1n) is 18.9. The first kappa shape index (κ1) is 37.8. The van der Waals surface area contributed by atoms with Gasteiger partial charge in [-0.3, -0.25) is 19.8 Å². The Kier molecular flexibility index (Phi) is 13.7. The van der Waals surface area contributed by atoms with Crippen molar-refractivity contribution in [2.45, 2.75) is 64.6 Å². The topological polar surface area (TPSA) is 109 Å². The molecule has 3 N–H and O–H groups in total. The molecule has 2 aliphatic rings. The Bertz CT molecular complexity index is 1820. The lowest BCUT2D eigenvalue weighted by Crippen LogP contribution is -2.50. The number of nitrogens with one attached hydrogen (secondary N) is 2. The number of phenols is 1. The molecule has 2 amide bonds. The molecule has 4 aromatic rings. The first-order chi connectivity index (χ1) is 26.0. The molecule has 2 heterocycles. The summed E-state index contributed by atoms with van der Waals surface area (Å²) >= 11 is 0. The van der Waals surface area contributed by atoms with Gasteiger partial charge in [0.1, 0.15) is 11.5 Å². The second-order valence-corrected chi connectivity index (χ2v) is 13.6. The van der Waals surface area contributed by atoms with E-state index in [1.807, 2.05) is 30.3 Å². The van der Waals surface area contributed by atoms with Crippen molar-refractivity contribution in [3.63, 3.8) is 0 Å². The van der Waals surface area contributed by atoms with E-state index in [2.05, 4.69) is 77.1 Å². The molecule has 1 atom stereocenters. The van der Waals surface area contributed by atoms with E-state index >= 15 is 0 Å². The number of allylic oxidation sites excluding steroid dienone is 1. The number of piperidine rings is 1. The van der Waals surface area contributed by atoms with Gasteiger partial charge >= 0.3 is 0 Å². The van der Waals surface area contributed by atoms with E-state index in [1.54, 1.807) is 12.1 Å². The second-order valence-electron chi connectivity index (χ2n) is 13.6. The lowest BCUT2D eigenvalue weighted by atomic mass is 9.88. The number of rotatable bonds is 19. The second kappa shape index (κ2) is 19.2. The van der Waals surface area contributed by atoms with Crippen molar-refractivity contribution >= 4 is 28.6 Å². The van der Waals surface area contributed by atoms with Gasteiger partial charge in [-0.05, 0) is 101 Å². The molecular formula is C44H51N3O6. The normalized spacial score (nSPS) is 16.2. The molecule has 1 unspecified atom stereocenters. The summed E-state index contributed by atoms with van der Waals surface area (Å²) in [6.45, 7) is 7.69. The van der Waals surface area contributed by atoms with Gasteiger partial charge in [-0.2, -0.15) is 0 Å². The Morgan fingerprint density at radius 1 is 0.774 bits per heavy atom. The molecule has 0 bridgehead atoms. The number of ether oxygens (including phenoxy) is 3. The summed E-state index contributed by atoms with van der Waals surface area (Å²) in [5.41, 5.74) is 9.30. The number of phenolic OH excluding ortho intramolecular Hbond substituents is 1. The molecule has 0 saturated carbocycles. The number of anilines is 1. The number of carbonyl (C=O) groups is 2. The molecule has 0 aliphatic carbocycles. The van der Waals surface area contributed by atoms with Crippen LogP contribution in [0, 0.1) is 0 Å². The van der Waals surface area contributed by atoms with Crippen molar-refractivity contribution < 1.29 is 28.9 Å². The molecule has 9 nitrogen and oxygen atoms in total. The zero-order chi connectivity index (χ0) is 36.8. The van der Waals surface area contributed by atoms with Gasteiger partial charge in [-0.1, -0.05) is 67.6 Å². The highest BCUT2D eigenvalue weighted by Gasteiger charge is 2.34. The number of hydrogen-bond acceptors (Lipinski definition) is 8. The van der Waals surface area contributed by atoms with Gasteiger partial charge in [0, 0.05) is 64.6 Å². The average Bonchev–Trinajstić information content (AvgIpc) is 3.60. The van der Waals surface area contributed by atoms with E-state index < -0.39 is 0 Å². The van der Waals surface area contributed by atoms with Crippen molar-refractivity contribution in [1.82, 2.24) is 10.2 Å². The molecule has 278 valence electrons. The lowest BCUT2D eigenvalue weighted by Gasteiger charge is -2.29. The van der Waals surface area contributed by atoms with Crippen molar-refractivity contribution in [1.29, 1.82) is 0 Å². The van der Waals surface area contributed by atoms with E-state index in [4.69, 9.17) is 14.2 Å². The Labute approximate surface area is 313 Å². The fraction of sp³-hybridized carbons (Fsp3) is 0.364. The van der Waals surface area contributed by atoms with Crippen LogP contribution in [-0.4, -0.2) is 67.4 Å². The smallest absolute Gasteiger partial charge is 0.243 e. The minimum absolute atomic E-state index is 0.176. The highest BCUT2D eigenvalue weighted by molar-refractivity contribution is 6.00. The van der Waals surface area contributed by atoms with E-state index in [0.717, 1.165) is 73.5 Å². The van der Waals surface area contributed by atoms with Crippen molar-refractivity contribution in [3.8, 4) is 11.5 Å². The summed E-state index contributed by atoms with van der Waals surface area (Å²) in [6.07, 6.45) is 4.42. The summed E-state index contributed by atoms with van der Waals surface area (Å²) in [7, 11) is 0. The number of hydrogen-bond donors (Lipinski definition) is 3. The maximum absolute atomic E-state index is 12.3. The molecule has 0 aromatic heterocycles. The van der Waals surface area contributed by atoms with Crippen LogP contribution < -0.4 is 15.4 Å². The van der Waals surface area contributed by atoms with Crippen LogP contribution >= 0.6 is 0 Å². The number of fused-ring (bicyclic) bond motifs is 1. The standard InChI is InChI=1S/C44H51N3O6/c1-2-40(32-9-4-3-5-10-32)43(33-12-17-38(48)18-13-33)34-14-19-39(20-15-34)53-28-8-27-52-26-7-25-51-24-6-23-45-37-16-11-35-30-47(31-36(35)29-37)41-21-22-42(49)46-44(41)50/h3-5,9-20,29,41,45,48H,2,6-8,21-28,30-31H2,1H3,(H,46,49,50)/b43-40-. The molecule has 9 heteroatoms. The fourth-order valence-corrected chi connectivity index (χ4v) is 7.03. The van der Waals surface area contributed by atoms with Crippen LogP contribution in [-0.2, 0) is 32.2 Å². The van der Waals surface area contributed by atoms with Gasteiger partial charge in [0.05, 0.1) is 12.6 Å². The highest BCUT2D eigenvalue weighted by Crippen LogP contribution is 2.36. The van der Waals surface area contributed by atoms with Gasteiger partial charge < -0.3 is 24.6 Å². The van der Waals surface area contributed by atoms with Crippen LogP contribution in [0.5, 0.6) is 11.5 Å². The zero-order valence-corrected chi connectivity index (χ0v) is 30.7. The van der Waals surface area contributed by atoms with Crippen LogP contribution in [0.15, 0.2) is 97.1 Å². The molecule has 0 radical (unpaired) electrons. The van der Waals surface area contributed by atoms with E-state index in [0.29, 0.717) is 45.9 Å². The summed E-state index contributed by atoms with van der Waals surface area (Å²) in [4.78, 5) is 25.9. The third-order valence-electron chi connectivity index (χ3n) is 9.75. The Morgan fingerprint density at radius 3 is 2.13 bits per heavy atom. The number of amides is 2. The third kappa shape index (κ3) is 10.6. The summed E-state index contributed by atoms with van der Waals surface area (Å²) in [5, 5.41) is 15.9. The maximum atomic E-state index is 12.3. The molecule has 53 heavy (non-hydrogen) atoms. The predicted molar refractivity (Wildman–Crippen MR) is 209 cm³/mol. The fourth-order valence-electron chi connectivity index (χ4n) is 7.03. The number of aromatic hydroxyl groups is 1. The van der Waals surface area contributed by atoms with E-state index in [9.17, 15) is 14.7 Å². The summed E-state index contributed by atoms with van der Waals surface area (Å²) in [5.74, 6) is 0.726. The molecule has 4 aromatic carbocycles. The Morgan fingerprint density at radius 2 is 1.43 bits per heavy atom. The van der Waals surface area contributed by atoms with Crippen molar-refractivity contribution in [2.75, 3.05) is 44.9 Å². The minimum Gasteiger partial charge on any atom is -0.508 e. The van der Waals surface area contributed by atoms with Crippen molar-refractivity contribution in [3.05, 3.63) is 125 Å². The summed E-state index contributed by atoms with van der Waals surface area (Å²) < 4.78 is 17.6. The number of imide groups is 1. The molecule has 2 aliphatic heterocycles. The van der Waals surface area contributed by atoms with Gasteiger partial charge in [0.2, 0.25) is 11.8 Å². The lowest BCUT2D eigenvalue weighted by molar-refractivity contribution is -0.137. The Balaban J connectivity index is 0.828. The van der Waals surface area contributed by atoms with Gasteiger partial charge in [-0.25, -0.2) is 0 Å². The van der Waals surface area contributed by atoms with Crippen LogP contribution in [0.3, 0.4) is 0 Å². The Hall–Kier alpha value is -4.96. The zero-order valence-electron chi connectivity index (χ0n) is 30.7. The van der Waals surface area contributed by atoms with Gasteiger partial charge in [-0.15, -0.1) is 0 Å². The largest absolute Gasteiger partial charge is 0.508 e.